The van der Waals surface area contributed by atoms with E-state index >= 15 is 0 Å². The van der Waals surface area contributed by atoms with E-state index in [0.717, 1.165) is 12.1 Å². The Labute approximate surface area is 135 Å². The maximum Gasteiger partial charge on any atom is 0.339 e. The third-order valence-corrected chi connectivity index (χ3v) is 3.73. The van der Waals surface area contributed by atoms with Crippen LogP contribution in [-0.4, -0.2) is 29.0 Å². The zero-order valence-corrected chi connectivity index (χ0v) is 13.6. The minimum absolute atomic E-state index is 0.118. The Kier molecular flexibility index (Phi) is 3.80. The number of anilines is 1. The van der Waals surface area contributed by atoms with Gasteiger partial charge < -0.3 is 9.64 Å². The number of aromatic nitrogens is 1. The summed E-state index contributed by atoms with van der Waals surface area (Å²) in [6.45, 7) is 6.22. The molecule has 1 saturated heterocycles. The smallest absolute Gasteiger partial charge is 0.339 e. The molecule has 1 aromatic heterocycles. The first kappa shape index (κ1) is 15.5. The molecule has 0 aliphatic carbocycles. The zero-order chi connectivity index (χ0) is 16.6. The number of ether oxygens (including phenoxy) is 1. The van der Waals surface area contributed by atoms with Crippen molar-refractivity contribution in [1.29, 1.82) is 0 Å². The van der Waals surface area contributed by atoms with E-state index in [9.17, 15) is 9.59 Å². The fourth-order valence-electron chi connectivity index (χ4n) is 2.73. The second-order valence-electron chi connectivity index (χ2n) is 6.71. The van der Waals surface area contributed by atoms with Crippen LogP contribution in [-0.2, 0) is 9.53 Å². The van der Waals surface area contributed by atoms with E-state index in [1.807, 2.05) is 39.0 Å². The predicted molar refractivity (Wildman–Crippen MR) is 88.5 cm³/mol. The molecule has 1 aliphatic heterocycles. The van der Waals surface area contributed by atoms with Gasteiger partial charge in [0.25, 0.3) is 0 Å². The molecule has 1 fully saturated rings. The standard InChI is InChI=1S/C18H20N2O3/c1-18(2,3)23-17(22)13-8-9-19-15-7-6-12(11-14(13)15)20-10-4-5-16(20)21/h6-9,11H,4-5,10H2,1-3H3. The molecule has 0 N–H and O–H groups in total. The van der Waals surface area contributed by atoms with Crippen molar-refractivity contribution in [2.24, 2.45) is 0 Å². The maximum atomic E-state index is 12.4. The fraction of sp³-hybridized carbons (Fsp3) is 0.389. The molecule has 1 aromatic carbocycles. The van der Waals surface area contributed by atoms with Gasteiger partial charge >= 0.3 is 5.97 Å². The van der Waals surface area contributed by atoms with Gasteiger partial charge in [-0.2, -0.15) is 0 Å². The molecule has 2 aromatic rings. The Balaban J connectivity index is 2.05. The lowest BCUT2D eigenvalue weighted by molar-refractivity contribution is -0.117. The van der Waals surface area contributed by atoms with Crippen LogP contribution in [0.25, 0.3) is 10.9 Å². The van der Waals surface area contributed by atoms with E-state index in [-0.39, 0.29) is 11.9 Å². The van der Waals surface area contributed by atoms with Crippen LogP contribution >= 0.6 is 0 Å². The number of carbonyl (C=O) groups excluding carboxylic acids is 2. The van der Waals surface area contributed by atoms with Gasteiger partial charge in [0, 0.05) is 30.2 Å². The van der Waals surface area contributed by atoms with Gasteiger partial charge in [-0.3, -0.25) is 9.78 Å². The van der Waals surface area contributed by atoms with Crippen LogP contribution in [0.3, 0.4) is 0 Å². The Morgan fingerprint density at radius 2 is 2.04 bits per heavy atom. The van der Waals surface area contributed by atoms with E-state index in [1.54, 1.807) is 17.2 Å². The zero-order valence-electron chi connectivity index (χ0n) is 13.6. The van der Waals surface area contributed by atoms with Gasteiger partial charge in [0.1, 0.15) is 5.60 Å². The number of nitrogens with zero attached hydrogens (tertiary/aromatic N) is 2. The molecule has 0 bridgehead atoms. The van der Waals surface area contributed by atoms with Gasteiger partial charge in [-0.25, -0.2) is 4.79 Å². The lowest BCUT2D eigenvalue weighted by Gasteiger charge is -2.20. The third kappa shape index (κ3) is 3.18. The normalized spacial score (nSPS) is 15.3. The van der Waals surface area contributed by atoms with Crippen molar-refractivity contribution in [3.63, 3.8) is 0 Å². The highest BCUT2D eigenvalue weighted by Gasteiger charge is 2.24. The molecule has 0 atom stereocenters. The van der Waals surface area contributed by atoms with Crippen molar-refractivity contribution in [1.82, 2.24) is 4.98 Å². The van der Waals surface area contributed by atoms with Crippen LogP contribution in [0, 0.1) is 0 Å². The summed E-state index contributed by atoms with van der Waals surface area (Å²) in [6.07, 6.45) is 3.04. The van der Waals surface area contributed by atoms with E-state index in [0.29, 0.717) is 29.4 Å². The number of hydrogen-bond acceptors (Lipinski definition) is 4. The Morgan fingerprint density at radius 1 is 1.26 bits per heavy atom. The summed E-state index contributed by atoms with van der Waals surface area (Å²) in [6, 6.07) is 7.22. The summed E-state index contributed by atoms with van der Waals surface area (Å²) in [4.78, 5) is 30.4. The van der Waals surface area contributed by atoms with Crippen molar-refractivity contribution in [3.05, 3.63) is 36.0 Å². The molecule has 1 aliphatic rings. The monoisotopic (exact) mass is 312 g/mol. The second kappa shape index (κ2) is 5.65. The number of benzene rings is 1. The highest BCUT2D eigenvalue weighted by atomic mass is 16.6. The summed E-state index contributed by atoms with van der Waals surface area (Å²) in [7, 11) is 0. The summed E-state index contributed by atoms with van der Waals surface area (Å²) in [5.41, 5.74) is 1.43. The van der Waals surface area contributed by atoms with Crippen LogP contribution in [0.1, 0.15) is 44.0 Å². The molecular weight excluding hydrogens is 292 g/mol. The molecule has 120 valence electrons. The SMILES string of the molecule is CC(C)(C)OC(=O)c1ccnc2ccc(N3CCCC3=O)cc12. The van der Waals surface area contributed by atoms with Crippen LogP contribution < -0.4 is 4.90 Å². The first-order valence-electron chi connectivity index (χ1n) is 7.78. The van der Waals surface area contributed by atoms with Crippen molar-refractivity contribution in [2.45, 2.75) is 39.2 Å². The number of hydrogen-bond donors (Lipinski definition) is 0. The van der Waals surface area contributed by atoms with Crippen LogP contribution in [0.2, 0.25) is 0 Å². The van der Waals surface area contributed by atoms with Crippen molar-refractivity contribution in [2.75, 3.05) is 11.4 Å². The predicted octanol–water partition coefficient (Wildman–Crippen LogP) is 3.32. The van der Waals surface area contributed by atoms with Gasteiger partial charge in [-0.15, -0.1) is 0 Å². The summed E-state index contributed by atoms with van der Waals surface area (Å²) in [5.74, 6) is -0.262. The molecule has 0 spiro atoms. The topological polar surface area (TPSA) is 59.5 Å². The Hall–Kier alpha value is -2.43. The highest BCUT2D eigenvalue weighted by molar-refractivity contribution is 6.05. The minimum atomic E-state index is -0.560. The maximum absolute atomic E-state index is 12.4. The average molecular weight is 312 g/mol. The first-order chi connectivity index (χ1) is 10.8. The van der Waals surface area contributed by atoms with E-state index in [1.165, 1.54) is 0 Å². The number of rotatable bonds is 2. The second-order valence-corrected chi connectivity index (χ2v) is 6.71. The lowest BCUT2D eigenvalue weighted by Crippen LogP contribution is -2.24. The number of esters is 1. The van der Waals surface area contributed by atoms with Gasteiger partial charge in [-0.05, 0) is 51.5 Å². The van der Waals surface area contributed by atoms with Gasteiger partial charge in [0.15, 0.2) is 0 Å². The highest BCUT2D eigenvalue weighted by Crippen LogP contribution is 2.27. The van der Waals surface area contributed by atoms with Crippen molar-refractivity contribution < 1.29 is 14.3 Å². The molecule has 3 rings (SSSR count). The molecule has 1 amide bonds. The largest absolute Gasteiger partial charge is 0.456 e. The van der Waals surface area contributed by atoms with Crippen molar-refractivity contribution >= 4 is 28.5 Å². The number of carbonyl (C=O) groups is 2. The first-order valence-corrected chi connectivity index (χ1v) is 7.78. The molecule has 23 heavy (non-hydrogen) atoms. The molecule has 2 heterocycles. The fourth-order valence-corrected chi connectivity index (χ4v) is 2.73. The third-order valence-electron chi connectivity index (χ3n) is 3.73. The molecular formula is C18H20N2O3. The molecule has 0 radical (unpaired) electrons. The van der Waals surface area contributed by atoms with E-state index in [4.69, 9.17) is 4.74 Å². The van der Waals surface area contributed by atoms with Gasteiger partial charge in [0.05, 0.1) is 11.1 Å². The Bertz CT molecular complexity index is 777. The van der Waals surface area contributed by atoms with E-state index < -0.39 is 5.60 Å². The molecule has 0 unspecified atom stereocenters. The quantitative estimate of drug-likeness (QED) is 0.798. The van der Waals surface area contributed by atoms with Crippen LogP contribution in [0.15, 0.2) is 30.5 Å². The number of pyridine rings is 1. The molecule has 5 nitrogen and oxygen atoms in total. The van der Waals surface area contributed by atoms with Gasteiger partial charge in [-0.1, -0.05) is 0 Å². The van der Waals surface area contributed by atoms with Crippen LogP contribution in [0.4, 0.5) is 5.69 Å². The summed E-state index contributed by atoms with van der Waals surface area (Å²) in [5, 5.41) is 0.707. The average Bonchev–Trinajstić information content (AvgIpc) is 2.90. The van der Waals surface area contributed by atoms with Crippen molar-refractivity contribution in [3.8, 4) is 0 Å². The van der Waals surface area contributed by atoms with Crippen LogP contribution in [0.5, 0.6) is 0 Å². The summed E-state index contributed by atoms with van der Waals surface area (Å²) < 4.78 is 5.47. The Morgan fingerprint density at radius 3 is 2.70 bits per heavy atom. The minimum Gasteiger partial charge on any atom is -0.456 e. The number of fused-ring (bicyclic) bond motifs is 1. The van der Waals surface area contributed by atoms with Gasteiger partial charge in [0.2, 0.25) is 5.91 Å². The molecule has 0 saturated carbocycles. The lowest BCUT2D eigenvalue weighted by atomic mass is 10.1. The summed E-state index contributed by atoms with van der Waals surface area (Å²) >= 11 is 0. The van der Waals surface area contributed by atoms with E-state index in [2.05, 4.69) is 4.98 Å². The molecule has 5 heteroatoms. The number of amides is 1.